The minimum Gasteiger partial charge on any atom is -0.341 e. The van der Waals surface area contributed by atoms with Gasteiger partial charge in [0.25, 0.3) is 11.7 Å². The number of aryl methyl sites for hydroxylation is 2. The number of amides is 1. The topological polar surface area (TPSA) is 90.5 Å². The molecule has 0 fully saturated rings. The van der Waals surface area contributed by atoms with E-state index in [1.807, 2.05) is 0 Å². The quantitative estimate of drug-likeness (QED) is 0.607. The van der Waals surface area contributed by atoms with Crippen LogP contribution in [0.1, 0.15) is 46.7 Å². The lowest BCUT2D eigenvalue weighted by Gasteiger charge is -2.24. The van der Waals surface area contributed by atoms with E-state index in [4.69, 9.17) is 0 Å². The van der Waals surface area contributed by atoms with Crippen molar-refractivity contribution in [2.24, 2.45) is 7.05 Å². The molecule has 3 aromatic rings. The van der Waals surface area contributed by atoms with Gasteiger partial charge in [0.15, 0.2) is 0 Å². The Morgan fingerprint density at radius 1 is 1.12 bits per heavy atom. The number of pyridine rings is 1. The lowest BCUT2D eigenvalue weighted by atomic mass is 10.0. The third-order valence-corrected chi connectivity index (χ3v) is 4.90. The van der Waals surface area contributed by atoms with Gasteiger partial charge in [-0.2, -0.15) is 36.4 Å². The Morgan fingerprint density at radius 2 is 1.88 bits per heavy atom. The number of hydrogen-bond donors (Lipinski definition) is 1. The summed E-state index contributed by atoms with van der Waals surface area (Å²) in [5.74, 6) is -2.81. The average molecular weight is 459 g/mol. The molecule has 1 atom stereocenters. The molecular weight excluding hydrogens is 444 g/mol. The van der Waals surface area contributed by atoms with Crippen LogP contribution in [-0.2, 0) is 25.9 Å². The Bertz CT molecular complexity index is 1160. The minimum absolute atomic E-state index is 0.197. The first kappa shape index (κ1) is 21.8. The molecular formula is C18H15F6N7O. The fraction of sp³-hybridized carbons (Fsp3) is 0.389. The van der Waals surface area contributed by atoms with Crippen molar-refractivity contribution in [3.63, 3.8) is 0 Å². The van der Waals surface area contributed by atoms with Gasteiger partial charge in [0.2, 0.25) is 5.82 Å². The van der Waals surface area contributed by atoms with Crippen molar-refractivity contribution >= 4 is 5.91 Å². The normalized spacial score (nSPS) is 16.7. The van der Waals surface area contributed by atoms with Crippen LogP contribution in [0.3, 0.4) is 0 Å². The van der Waals surface area contributed by atoms with Crippen LogP contribution < -0.4 is 5.32 Å². The van der Waals surface area contributed by atoms with Crippen LogP contribution in [0.4, 0.5) is 26.3 Å². The molecule has 32 heavy (non-hydrogen) atoms. The SMILES string of the molecule is Cn1nc(C(F)(F)F)nc1C(=O)N[C@H]1CCCn2nc(-c3ccnc(C(F)(F)F)c3)cc21. The maximum atomic E-state index is 13.0. The number of fused-ring (bicyclic) bond motifs is 1. The van der Waals surface area contributed by atoms with Crippen molar-refractivity contribution in [3.05, 3.63) is 47.4 Å². The average Bonchev–Trinajstić information content (AvgIpc) is 3.32. The summed E-state index contributed by atoms with van der Waals surface area (Å²) in [6.45, 7) is 0.473. The Hall–Kier alpha value is -3.45. The second-order valence-corrected chi connectivity index (χ2v) is 7.15. The van der Waals surface area contributed by atoms with E-state index >= 15 is 0 Å². The number of carbonyl (C=O) groups excluding carboxylic acids is 1. The molecule has 0 saturated carbocycles. The van der Waals surface area contributed by atoms with Gasteiger partial charge >= 0.3 is 12.4 Å². The van der Waals surface area contributed by atoms with Gasteiger partial charge in [0, 0.05) is 25.4 Å². The van der Waals surface area contributed by atoms with Gasteiger partial charge in [-0.3, -0.25) is 14.5 Å². The number of nitrogens with zero attached hydrogens (tertiary/aromatic N) is 6. The van der Waals surface area contributed by atoms with E-state index in [1.165, 1.54) is 19.2 Å². The van der Waals surface area contributed by atoms with Crippen LogP contribution in [0.2, 0.25) is 0 Å². The summed E-state index contributed by atoms with van der Waals surface area (Å²) in [7, 11) is 1.17. The van der Waals surface area contributed by atoms with Gasteiger partial charge < -0.3 is 5.32 Å². The van der Waals surface area contributed by atoms with Crippen molar-refractivity contribution in [2.75, 3.05) is 0 Å². The number of aromatic nitrogens is 6. The number of alkyl halides is 6. The first-order chi connectivity index (χ1) is 14.9. The van der Waals surface area contributed by atoms with E-state index in [9.17, 15) is 31.1 Å². The van der Waals surface area contributed by atoms with Crippen LogP contribution in [0, 0.1) is 0 Å². The smallest absolute Gasteiger partial charge is 0.341 e. The molecule has 14 heteroatoms. The molecule has 4 heterocycles. The number of rotatable bonds is 3. The van der Waals surface area contributed by atoms with Crippen LogP contribution in [0.15, 0.2) is 24.4 Å². The highest BCUT2D eigenvalue weighted by Crippen LogP contribution is 2.33. The fourth-order valence-corrected chi connectivity index (χ4v) is 3.44. The minimum atomic E-state index is -4.80. The highest BCUT2D eigenvalue weighted by Gasteiger charge is 2.38. The first-order valence-electron chi connectivity index (χ1n) is 9.34. The standard InChI is InChI=1S/C18H15F6N7O/c1-30-14(27-16(29-30)18(22,23)24)15(32)26-10-3-2-6-31-12(10)8-11(28-31)9-4-5-25-13(7-9)17(19,20)21/h4-5,7-8,10H,2-3,6H2,1H3,(H,26,32)/t10-/m0/s1. The van der Waals surface area contributed by atoms with E-state index in [0.29, 0.717) is 25.1 Å². The van der Waals surface area contributed by atoms with E-state index in [0.717, 1.165) is 16.9 Å². The summed E-state index contributed by atoms with van der Waals surface area (Å²) >= 11 is 0. The largest absolute Gasteiger partial charge is 0.453 e. The molecule has 0 aromatic carbocycles. The van der Waals surface area contributed by atoms with Gasteiger partial charge in [-0.05, 0) is 31.0 Å². The molecule has 0 aliphatic carbocycles. The number of hydrogen-bond acceptors (Lipinski definition) is 5. The summed E-state index contributed by atoms with van der Waals surface area (Å²) in [5, 5.41) is 10.1. The first-order valence-corrected chi connectivity index (χ1v) is 9.34. The Balaban J connectivity index is 1.60. The van der Waals surface area contributed by atoms with Crippen molar-refractivity contribution in [1.82, 2.24) is 34.8 Å². The molecule has 0 saturated heterocycles. The molecule has 1 aliphatic rings. The maximum absolute atomic E-state index is 13.0. The highest BCUT2D eigenvalue weighted by atomic mass is 19.4. The number of carbonyl (C=O) groups is 1. The Labute approximate surface area is 176 Å². The number of halogens is 6. The van der Waals surface area contributed by atoms with E-state index in [-0.39, 0.29) is 11.3 Å². The Kier molecular flexibility index (Phi) is 5.17. The summed E-state index contributed by atoms with van der Waals surface area (Å²) < 4.78 is 79.6. The van der Waals surface area contributed by atoms with Crippen molar-refractivity contribution in [1.29, 1.82) is 0 Å². The van der Waals surface area contributed by atoms with Gasteiger partial charge in [0.1, 0.15) is 5.69 Å². The molecule has 3 aromatic heterocycles. The lowest BCUT2D eigenvalue weighted by Crippen LogP contribution is -2.34. The summed E-state index contributed by atoms with van der Waals surface area (Å²) in [6, 6.07) is 3.18. The zero-order valence-corrected chi connectivity index (χ0v) is 16.4. The zero-order valence-electron chi connectivity index (χ0n) is 16.4. The molecule has 4 rings (SSSR count). The van der Waals surface area contributed by atoms with Crippen LogP contribution in [0.5, 0.6) is 0 Å². The van der Waals surface area contributed by atoms with Crippen LogP contribution >= 0.6 is 0 Å². The van der Waals surface area contributed by atoms with Gasteiger partial charge in [-0.15, -0.1) is 5.10 Å². The van der Waals surface area contributed by atoms with E-state index < -0.39 is 41.6 Å². The monoisotopic (exact) mass is 459 g/mol. The molecule has 0 bridgehead atoms. The van der Waals surface area contributed by atoms with Crippen LogP contribution in [-0.4, -0.2) is 35.4 Å². The lowest BCUT2D eigenvalue weighted by molar-refractivity contribution is -0.145. The molecule has 8 nitrogen and oxygen atoms in total. The van der Waals surface area contributed by atoms with Gasteiger partial charge in [-0.1, -0.05) is 0 Å². The Morgan fingerprint density at radius 3 is 2.53 bits per heavy atom. The molecule has 0 radical (unpaired) electrons. The zero-order chi connectivity index (χ0) is 23.3. The molecule has 0 spiro atoms. The van der Waals surface area contributed by atoms with Crippen molar-refractivity contribution < 1.29 is 31.1 Å². The van der Waals surface area contributed by atoms with Gasteiger partial charge in [0.05, 0.1) is 17.4 Å². The van der Waals surface area contributed by atoms with E-state index in [1.54, 1.807) is 4.68 Å². The molecule has 170 valence electrons. The van der Waals surface area contributed by atoms with Crippen LogP contribution in [0.25, 0.3) is 11.3 Å². The molecule has 1 N–H and O–H groups in total. The summed E-state index contributed by atoms with van der Waals surface area (Å²) in [5.41, 5.74) is -0.0914. The van der Waals surface area contributed by atoms with Crippen molar-refractivity contribution in [3.8, 4) is 11.3 Å². The molecule has 0 unspecified atom stereocenters. The third kappa shape index (κ3) is 4.16. The van der Waals surface area contributed by atoms with Gasteiger partial charge in [-0.25, -0.2) is 4.68 Å². The number of nitrogens with one attached hydrogen (secondary N) is 1. The van der Waals surface area contributed by atoms with Crippen molar-refractivity contribution in [2.45, 2.75) is 37.8 Å². The third-order valence-electron chi connectivity index (χ3n) is 4.90. The predicted octanol–water partition coefficient (Wildman–Crippen LogP) is 3.38. The fourth-order valence-electron chi connectivity index (χ4n) is 3.44. The second kappa shape index (κ2) is 7.60. The predicted molar refractivity (Wildman–Crippen MR) is 95.9 cm³/mol. The van der Waals surface area contributed by atoms with E-state index in [2.05, 4.69) is 25.5 Å². The second-order valence-electron chi connectivity index (χ2n) is 7.15. The molecule has 1 aliphatic heterocycles. The summed E-state index contributed by atoms with van der Waals surface area (Å²) in [6.07, 6.45) is -7.32. The maximum Gasteiger partial charge on any atom is 0.453 e. The molecule has 1 amide bonds. The highest BCUT2D eigenvalue weighted by molar-refractivity contribution is 5.91. The summed E-state index contributed by atoms with van der Waals surface area (Å²) in [4.78, 5) is 19.1.